The summed E-state index contributed by atoms with van der Waals surface area (Å²) in [5, 5.41) is 20.6. The van der Waals surface area contributed by atoms with Crippen LogP contribution in [0.3, 0.4) is 0 Å². The van der Waals surface area contributed by atoms with Crippen LogP contribution >= 0.6 is 11.8 Å². The van der Waals surface area contributed by atoms with Gasteiger partial charge in [0.05, 0.1) is 0 Å². The number of hydrogen-bond donors (Lipinski definition) is 5. The number of thioether (sulfide) groups is 1. The van der Waals surface area contributed by atoms with Crippen LogP contribution in [0.15, 0.2) is 18.2 Å². The minimum atomic E-state index is -1.40. The molecule has 0 fully saturated rings. The number of amides is 1. The second kappa shape index (κ2) is 8.74. The third-order valence-electron chi connectivity index (χ3n) is 3.71. The maximum absolute atomic E-state index is 11.6. The molecule has 2 unspecified atom stereocenters. The van der Waals surface area contributed by atoms with Gasteiger partial charge in [-0.1, -0.05) is 17.8 Å². The monoisotopic (exact) mass is 385 g/mol. The molecule has 0 spiro atoms. The van der Waals surface area contributed by atoms with Crippen LogP contribution in [-0.4, -0.2) is 58.1 Å². The van der Waals surface area contributed by atoms with Crippen LogP contribution in [0.5, 0.6) is 11.5 Å². The summed E-state index contributed by atoms with van der Waals surface area (Å²) >= 11 is 0.665. The summed E-state index contributed by atoms with van der Waals surface area (Å²) < 4.78 is 10.5. The Hall–Kier alpha value is -2.50. The lowest BCUT2D eigenvalue weighted by atomic mass is 10.0. The summed E-state index contributed by atoms with van der Waals surface area (Å²) in [6, 6.07) is 1.51. The lowest BCUT2D eigenvalue weighted by molar-refractivity contribution is -0.142. The molecule has 10 nitrogen and oxygen atoms in total. The third-order valence-corrected chi connectivity index (χ3v) is 4.52. The Morgan fingerprint density at radius 2 is 1.88 bits per heavy atom. The molecule has 0 bridgehead atoms. The summed E-state index contributed by atoms with van der Waals surface area (Å²) in [5.74, 6) is -1.51. The van der Waals surface area contributed by atoms with E-state index in [1.54, 1.807) is 18.2 Å². The lowest BCUT2D eigenvalue weighted by Gasteiger charge is -2.25. The first kappa shape index (κ1) is 19.8. The van der Waals surface area contributed by atoms with Crippen molar-refractivity contribution in [3.8, 4) is 11.5 Å². The van der Waals surface area contributed by atoms with Crippen molar-refractivity contribution in [3.63, 3.8) is 0 Å². The molecule has 11 heteroatoms. The maximum Gasteiger partial charge on any atom is 0.322 e. The van der Waals surface area contributed by atoms with Crippen LogP contribution < -0.4 is 26.3 Å². The maximum atomic E-state index is 11.6. The molecule has 142 valence electrons. The lowest BCUT2D eigenvalue weighted by Crippen LogP contribution is -2.56. The van der Waals surface area contributed by atoms with Gasteiger partial charge in [-0.25, -0.2) is 0 Å². The molecule has 7 N–H and O–H groups in total. The summed E-state index contributed by atoms with van der Waals surface area (Å²) in [6.07, 6.45) is 0.0516. The van der Waals surface area contributed by atoms with Crippen LogP contribution in [0.25, 0.3) is 0 Å². The number of carbonyl (C=O) groups is 3. The van der Waals surface area contributed by atoms with E-state index in [0.29, 0.717) is 28.8 Å². The highest BCUT2D eigenvalue weighted by molar-refractivity contribution is 8.13. The van der Waals surface area contributed by atoms with Crippen LogP contribution in [0.2, 0.25) is 0 Å². The number of carboxylic acid groups (broad SMARTS) is 2. The SMILES string of the molecule is NC(=O)SCC(NC(Cc1ccc2c(c1)OCO2)C(=O)O)[C@H](N)C(=O)O. The molecule has 1 aromatic rings. The topological polar surface area (TPSA) is 174 Å². The Morgan fingerprint density at radius 1 is 1.19 bits per heavy atom. The van der Waals surface area contributed by atoms with E-state index in [-0.39, 0.29) is 19.0 Å². The Labute approximate surface area is 152 Å². The van der Waals surface area contributed by atoms with Crippen molar-refractivity contribution in [1.82, 2.24) is 5.32 Å². The van der Waals surface area contributed by atoms with Gasteiger partial charge >= 0.3 is 11.9 Å². The van der Waals surface area contributed by atoms with Gasteiger partial charge in [0.25, 0.3) is 5.24 Å². The van der Waals surface area contributed by atoms with E-state index in [0.717, 1.165) is 0 Å². The first-order valence-corrected chi connectivity index (χ1v) is 8.54. The Morgan fingerprint density at radius 3 is 2.50 bits per heavy atom. The van der Waals surface area contributed by atoms with Gasteiger partial charge < -0.3 is 31.2 Å². The molecule has 3 atom stereocenters. The van der Waals surface area contributed by atoms with Gasteiger partial charge in [-0.05, 0) is 24.1 Å². The van der Waals surface area contributed by atoms with Crippen molar-refractivity contribution in [2.24, 2.45) is 11.5 Å². The first-order valence-electron chi connectivity index (χ1n) is 7.56. The van der Waals surface area contributed by atoms with E-state index < -0.39 is 35.3 Å². The number of hydrogen-bond acceptors (Lipinski definition) is 8. The number of carbonyl (C=O) groups excluding carboxylic acids is 1. The number of primary amides is 1. The minimum absolute atomic E-state index is 0.0516. The van der Waals surface area contributed by atoms with E-state index in [2.05, 4.69) is 5.32 Å². The number of aliphatic carboxylic acids is 2. The molecule has 0 saturated heterocycles. The van der Waals surface area contributed by atoms with Gasteiger partial charge in [-0.15, -0.1) is 0 Å². The summed E-state index contributed by atoms with van der Waals surface area (Å²) in [4.78, 5) is 33.7. The molecule has 1 aliphatic heterocycles. The minimum Gasteiger partial charge on any atom is -0.480 e. The molecule has 1 aromatic carbocycles. The van der Waals surface area contributed by atoms with Crippen LogP contribution in [0.4, 0.5) is 4.79 Å². The number of nitrogens with two attached hydrogens (primary N) is 2. The molecule has 0 aliphatic carbocycles. The quantitative estimate of drug-likeness (QED) is 0.376. The van der Waals surface area contributed by atoms with E-state index in [9.17, 15) is 19.5 Å². The first-order chi connectivity index (χ1) is 12.3. The molecule has 0 saturated carbocycles. The number of fused-ring (bicyclic) bond motifs is 1. The normalized spacial score (nSPS) is 15.9. The number of benzene rings is 1. The Bertz CT molecular complexity index is 700. The van der Waals surface area contributed by atoms with Gasteiger partial charge in [0.15, 0.2) is 11.5 Å². The van der Waals surface area contributed by atoms with Crippen LogP contribution in [-0.2, 0) is 16.0 Å². The van der Waals surface area contributed by atoms with Crippen molar-refractivity contribution in [3.05, 3.63) is 23.8 Å². The number of carboxylic acids is 2. The van der Waals surface area contributed by atoms with E-state index >= 15 is 0 Å². The van der Waals surface area contributed by atoms with Crippen molar-refractivity contribution in [1.29, 1.82) is 0 Å². The summed E-state index contributed by atoms with van der Waals surface area (Å²) in [6.45, 7) is 0.0965. The van der Waals surface area contributed by atoms with Crippen molar-refractivity contribution < 1.29 is 34.1 Å². The molecule has 0 aromatic heterocycles. The van der Waals surface area contributed by atoms with Gasteiger partial charge in [0, 0.05) is 11.8 Å². The molecular formula is C15H19N3O7S. The van der Waals surface area contributed by atoms with Crippen LogP contribution in [0, 0.1) is 0 Å². The zero-order valence-corrected chi connectivity index (χ0v) is 14.4. The average Bonchev–Trinajstić information content (AvgIpc) is 3.04. The number of nitrogens with one attached hydrogen (secondary N) is 1. The molecular weight excluding hydrogens is 366 g/mol. The van der Waals surface area contributed by atoms with Crippen molar-refractivity contribution in [2.75, 3.05) is 12.5 Å². The van der Waals surface area contributed by atoms with Gasteiger partial charge in [-0.3, -0.25) is 19.7 Å². The smallest absolute Gasteiger partial charge is 0.322 e. The summed E-state index contributed by atoms with van der Waals surface area (Å²) in [5.41, 5.74) is 11.3. The van der Waals surface area contributed by atoms with E-state index in [1.165, 1.54) is 0 Å². The average molecular weight is 385 g/mol. The van der Waals surface area contributed by atoms with Crippen LogP contribution in [0.1, 0.15) is 5.56 Å². The van der Waals surface area contributed by atoms with Gasteiger partial charge in [0.1, 0.15) is 12.1 Å². The van der Waals surface area contributed by atoms with E-state index in [1.807, 2.05) is 0 Å². The molecule has 1 amide bonds. The zero-order valence-electron chi connectivity index (χ0n) is 13.6. The highest BCUT2D eigenvalue weighted by atomic mass is 32.2. The molecule has 1 aliphatic rings. The highest BCUT2D eigenvalue weighted by Crippen LogP contribution is 2.32. The standard InChI is InChI=1S/C15H19N3O7S/c16-12(14(21)22)9(5-26-15(17)23)18-8(13(19)20)3-7-1-2-10-11(4-7)25-6-24-10/h1-2,4,8-9,12,18H,3,5-6,16H2,(H2,17,23)(H,19,20)(H,21,22)/t8?,9?,12-/m0/s1. The number of rotatable bonds is 9. The molecule has 1 heterocycles. The van der Waals surface area contributed by atoms with Crippen molar-refractivity contribution in [2.45, 2.75) is 24.5 Å². The second-order valence-corrected chi connectivity index (χ2v) is 6.57. The van der Waals surface area contributed by atoms with E-state index in [4.69, 9.17) is 26.0 Å². The second-order valence-electron chi connectivity index (χ2n) is 5.55. The predicted molar refractivity (Wildman–Crippen MR) is 92.3 cm³/mol. The zero-order chi connectivity index (χ0) is 19.3. The number of ether oxygens (including phenoxy) is 2. The Balaban J connectivity index is 2.11. The van der Waals surface area contributed by atoms with Crippen molar-refractivity contribution >= 4 is 28.9 Å². The third kappa shape index (κ3) is 5.25. The van der Waals surface area contributed by atoms with Gasteiger partial charge in [-0.2, -0.15) is 0 Å². The fraction of sp³-hybridized carbons (Fsp3) is 0.400. The molecule has 0 radical (unpaired) electrons. The van der Waals surface area contributed by atoms with Gasteiger partial charge in [0.2, 0.25) is 6.79 Å². The largest absolute Gasteiger partial charge is 0.480 e. The fourth-order valence-corrected chi connectivity index (χ4v) is 3.03. The predicted octanol–water partition coefficient (Wildman–Crippen LogP) is -0.407. The Kier molecular flexibility index (Phi) is 6.66. The molecule has 26 heavy (non-hydrogen) atoms. The summed E-state index contributed by atoms with van der Waals surface area (Å²) in [7, 11) is 0. The fourth-order valence-electron chi connectivity index (χ4n) is 2.38. The molecule has 2 rings (SSSR count). The highest BCUT2D eigenvalue weighted by Gasteiger charge is 2.30.